The maximum Gasteiger partial charge on any atom is 0.254 e. The molecule has 2 atom stereocenters. The van der Waals surface area contributed by atoms with Crippen molar-refractivity contribution in [2.24, 2.45) is 0 Å². The van der Waals surface area contributed by atoms with Gasteiger partial charge in [-0.1, -0.05) is 0 Å². The monoisotopic (exact) mass is 374 g/mol. The number of hydrogen-bond donors (Lipinski definition) is 1. The van der Waals surface area contributed by atoms with Crippen molar-refractivity contribution in [3.8, 4) is 0 Å². The van der Waals surface area contributed by atoms with Gasteiger partial charge >= 0.3 is 0 Å². The van der Waals surface area contributed by atoms with Gasteiger partial charge < -0.3 is 10.2 Å². The van der Waals surface area contributed by atoms with Gasteiger partial charge in [-0.15, -0.1) is 0 Å². The predicted octanol–water partition coefficient (Wildman–Crippen LogP) is 1.68. The number of benzene rings is 1. The SMILES string of the molecule is C[C@@H]1CN(C(=O)c2ccc(Br)c(S(C)(=O)=O)c2)C[C@@H](C)N1. The molecule has 0 saturated carbocycles. The first-order chi connectivity index (χ1) is 9.68. The maximum atomic E-state index is 12.6. The Bertz CT molecular complexity index is 650. The van der Waals surface area contributed by atoms with Crippen LogP contribution in [0.4, 0.5) is 0 Å². The number of nitrogens with one attached hydrogen (secondary N) is 1. The van der Waals surface area contributed by atoms with Crippen LogP contribution in [-0.2, 0) is 9.84 Å². The Morgan fingerprint density at radius 3 is 2.38 bits per heavy atom. The van der Waals surface area contributed by atoms with E-state index in [1.165, 1.54) is 6.07 Å². The number of nitrogens with zero attached hydrogens (tertiary/aromatic N) is 1. The number of sulfone groups is 1. The predicted molar refractivity (Wildman–Crippen MR) is 85.2 cm³/mol. The molecule has 1 saturated heterocycles. The largest absolute Gasteiger partial charge is 0.336 e. The molecule has 1 heterocycles. The Morgan fingerprint density at radius 1 is 1.29 bits per heavy atom. The van der Waals surface area contributed by atoms with E-state index in [2.05, 4.69) is 21.2 Å². The second-order valence-electron chi connectivity index (χ2n) is 5.60. The Hall–Kier alpha value is -0.920. The second-order valence-corrected chi connectivity index (χ2v) is 8.43. The second kappa shape index (κ2) is 6.06. The molecular formula is C14H19BrN2O3S. The number of piperazine rings is 1. The van der Waals surface area contributed by atoms with Crippen LogP contribution in [0, 0.1) is 0 Å². The lowest BCUT2D eigenvalue weighted by atomic mass is 10.1. The highest BCUT2D eigenvalue weighted by molar-refractivity contribution is 9.10. The average Bonchev–Trinajstić information content (AvgIpc) is 2.36. The highest BCUT2D eigenvalue weighted by atomic mass is 79.9. The van der Waals surface area contributed by atoms with Gasteiger partial charge in [0.2, 0.25) is 0 Å². The first-order valence-electron chi connectivity index (χ1n) is 6.73. The van der Waals surface area contributed by atoms with Crippen molar-refractivity contribution in [2.45, 2.75) is 30.8 Å². The standard InChI is InChI=1S/C14H19BrN2O3S/c1-9-7-17(8-10(2)16-9)14(18)11-4-5-12(15)13(6-11)21(3,19)20/h4-6,9-10,16H,7-8H2,1-3H3/t9-,10-/m1/s1. The van der Waals surface area contributed by atoms with E-state index in [9.17, 15) is 13.2 Å². The van der Waals surface area contributed by atoms with Gasteiger partial charge in [0.05, 0.1) is 4.90 Å². The van der Waals surface area contributed by atoms with Crippen molar-refractivity contribution >= 4 is 31.7 Å². The molecule has 1 amide bonds. The van der Waals surface area contributed by atoms with Crippen molar-refractivity contribution in [3.05, 3.63) is 28.2 Å². The third-order valence-electron chi connectivity index (χ3n) is 3.42. The zero-order valence-electron chi connectivity index (χ0n) is 12.3. The molecule has 1 aliphatic heterocycles. The Morgan fingerprint density at radius 2 is 1.86 bits per heavy atom. The van der Waals surface area contributed by atoms with Crippen LogP contribution in [0.1, 0.15) is 24.2 Å². The van der Waals surface area contributed by atoms with Gasteiger partial charge in [-0.2, -0.15) is 0 Å². The van der Waals surface area contributed by atoms with Crippen LogP contribution in [0.15, 0.2) is 27.6 Å². The summed E-state index contributed by atoms with van der Waals surface area (Å²) >= 11 is 3.22. The van der Waals surface area contributed by atoms with Crippen molar-refractivity contribution in [2.75, 3.05) is 19.3 Å². The van der Waals surface area contributed by atoms with Crippen LogP contribution in [0.25, 0.3) is 0 Å². The van der Waals surface area contributed by atoms with Crippen LogP contribution in [-0.4, -0.2) is 50.7 Å². The van der Waals surface area contributed by atoms with Crippen LogP contribution >= 0.6 is 15.9 Å². The smallest absolute Gasteiger partial charge is 0.254 e. The Balaban J connectivity index is 2.32. The Kier molecular flexibility index (Phi) is 4.75. The van der Waals surface area contributed by atoms with Crippen LogP contribution in [0.2, 0.25) is 0 Å². The van der Waals surface area contributed by atoms with E-state index < -0.39 is 9.84 Å². The fourth-order valence-electron chi connectivity index (χ4n) is 2.60. The lowest BCUT2D eigenvalue weighted by Crippen LogP contribution is -2.55. The van der Waals surface area contributed by atoms with Gasteiger partial charge in [-0.25, -0.2) is 8.42 Å². The lowest BCUT2D eigenvalue weighted by Gasteiger charge is -2.36. The molecule has 2 rings (SSSR count). The van der Waals surface area contributed by atoms with Crippen molar-refractivity contribution in [1.29, 1.82) is 0 Å². The normalized spacial score (nSPS) is 23.1. The van der Waals surface area contributed by atoms with E-state index in [1.807, 2.05) is 13.8 Å². The van der Waals surface area contributed by atoms with E-state index in [4.69, 9.17) is 0 Å². The third kappa shape index (κ3) is 3.84. The fraction of sp³-hybridized carbons (Fsp3) is 0.500. The molecule has 0 bridgehead atoms. The summed E-state index contributed by atoms with van der Waals surface area (Å²) in [6, 6.07) is 5.15. The molecule has 1 aliphatic rings. The molecule has 1 fully saturated rings. The number of amides is 1. The quantitative estimate of drug-likeness (QED) is 0.854. The van der Waals surface area contributed by atoms with Gasteiger partial charge in [-0.3, -0.25) is 4.79 Å². The third-order valence-corrected chi connectivity index (χ3v) is 5.51. The summed E-state index contributed by atoms with van der Waals surface area (Å²) < 4.78 is 24.0. The van der Waals surface area contributed by atoms with Gasteiger partial charge in [0.25, 0.3) is 5.91 Å². The minimum Gasteiger partial charge on any atom is -0.336 e. The molecule has 0 aliphatic carbocycles. The van der Waals surface area contributed by atoms with Gasteiger partial charge in [0.15, 0.2) is 9.84 Å². The zero-order valence-corrected chi connectivity index (χ0v) is 14.7. The minimum absolute atomic E-state index is 0.132. The van der Waals surface area contributed by atoms with E-state index in [0.29, 0.717) is 23.1 Å². The van der Waals surface area contributed by atoms with Crippen molar-refractivity contribution < 1.29 is 13.2 Å². The number of halogens is 1. The average molecular weight is 375 g/mol. The van der Waals surface area contributed by atoms with Crippen molar-refractivity contribution in [1.82, 2.24) is 10.2 Å². The first-order valence-corrected chi connectivity index (χ1v) is 9.42. The summed E-state index contributed by atoms with van der Waals surface area (Å²) in [6.07, 6.45) is 1.14. The molecule has 0 aromatic heterocycles. The highest BCUT2D eigenvalue weighted by Gasteiger charge is 2.26. The molecule has 0 unspecified atom stereocenters. The number of hydrogen-bond acceptors (Lipinski definition) is 4. The molecule has 1 aromatic carbocycles. The van der Waals surface area contributed by atoms with E-state index in [1.54, 1.807) is 17.0 Å². The van der Waals surface area contributed by atoms with E-state index in [0.717, 1.165) is 6.26 Å². The number of rotatable bonds is 2. The summed E-state index contributed by atoms with van der Waals surface area (Å²) in [5.41, 5.74) is 0.403. The maximum absolute atomic E-state index is 12.6. The minimum atomic E-state index is -3.37. The molecule has 116 valence electrons. The molecule has 1 N–H and O–H groups in total. The summed E-state index contributed by atoms with van der Waals surface area (Å²) in [6.45, 7) is 5.29. The van der Waals surface area contributed by atoms with E-state index in [-0.39, 0.29) is 22.9 Å². The molecule has 5 nitrogen and oxygen atoms in total. The zero-order chi connectivity index (χ0) is 15.8. The van der Waals surface area contributed by atoms with Crippen LogP contribution in [0.3, 0.4) is 0 Å². The highest BCUT2D eigenvalue weighted by Crippen LogP contribution is 2.24. The molecule has 21 heavy (non-hydrogen) atoms. The van der Waals surface area contributed by atoms with Gasteiger partial charge in [0.1, 0.15) is 0 Å². The molecule has 0 spiro atoms. The molecule has 7 heteroatoms. The Labute approximate surface area is 133 Å². The van der Waals surface area contributed by atoms with Crippen molar-refractivity contribution in [3.63, 3.8) is 0 Å². The van der Waals surface area contributed by atoms with Gasteiger partial charge in [0, 0.05) is 41.5 Å². The van der Waals surface area contributed by atoms with Crippen LogP contribution in [0.5, 0.6) is 0 Å². The first kappa shape index (κ1) is 16.5. The molecule has 1 aromatic rings. The van der Waals surface area contributed by atoms with Crippen LogP contribution < -0.4 is 5.32 Å². The van der Waals surface area contributed by atoms with E-state index >= 15 is 0 Å². The topological polar surface area (TPSA) is 66.5 Å². The molecular weight excluding hydrogens is 356 g/mol. The fourth-order valence-corrected chi connectivity index (χ4v) is 4.49. The summed E-state index contributed by atoms with van der Waals surface area (Å²) in [4.78, 5) is 14.5. The summed E-state index contributed by atoms with van der Waals surface area (Å²) in [5.74, 6) is -0.132. The summed E-state index contributed by atoms with van der Waals surface area (Å²) in [5, 5.41) is 3.36. The lowest BCUT2D eigenvalue weighted by molar-refractivity contribution is 0.0673. The number of carbonyl (C=O) groups is 1. The number of carbonyl (C=O) groups excluding carboxylic acids is 1. The summed E-state index contributed by atoms with van der Waals surface area (Å²) in [7, 11) is -3.37. The molecule has 0 radical (unpaired) electrons. The van der Waals surface area contributed by atoms with Gasteiger partial charge in [-0.05, 0) is 48.0 Å².